The molecule has 0 atom stereocenters. The van der Waals surface area contributed by atoms with Gasteiger partial charge in [0.25, 0.3) is 0 Å². The summed E-state index contributed by atoms with van der Waals surface area (Å²) in [7, 11) is 3.70. The zero-order valence-electron chi connectivity index (χ0n) is 17.0. The smallest absolute Gasteiger partial charge is 0.191 e. The van der Waals surface area contributed by atoms with Crippen LogP contribution in [-0.2, 0) is 18.9 Å². The lowest BCUT2D eigenvalue weighted by Crippen LogP contribution is -2.44. The molecular formula is C20H29ClFN5. The predicted molar refractivity (Wildman–Crippen MR) is 110 cm³/mol. The number of hydrogen-bond acceptors (Lipinski definition) is 2. The number of guanidine groups is 1. The van der Waals surface area contributed by atoms with Crippen molar-refractivity contribution in [3.8, 4) is 0 Å². The second-order valence-electron chi connectivity index (χ2n) is 7.38. The van der Waals surface area contributed by atoms with Crippen LogP contribution in [0.4, 0.5) is 4.39 Å². The maximum absolute atomic E-state index is 13.3. The first kappa shape index (κ1) is 21.2. The summed E-state index contributed by atoms with van der Waals surface area (Å²) < 4.78 is 15.2. The first-order valence-corrected chi connectivity index (χ1v) is 9.42. The van der Waals surface area contributed by atoms with Crippen LogP contribution in [0, 0.1) is 19.7 Å². The van der Waals surface area contributed by atoms with E-state index >= 15 is 0 Å². The van der Waals surface area contributed by atoms with Crippen LogP contribution in [-0.4, -0.2) is 35.9 Å². The topological polar surface area (TPSA) is 54.2 Å². The van der Waals surface area contributed by atoms with E-state index in [0.29, 0.717) is 11.6 Å². The Morgan fingerprint density at radius 2 is 2.00 bits per heavy atom. The van der Waals surface area contributed by atoms with Gasteiger partial charge in [-0.1, -0.05) is 31.5 Å². The lowest BCUT2D eigenvalue weighted by molar-refractivity contribution is 0.507. The largest absolute Gasteiger partial charge is 0.356 e. The third-order valence-corrected chi connectivity index (χ3v) is 5.22. The Hall–Kier alpha value is -2.08. The third-order valence-electron chi connectivity index (χ3n) is 4.91. The Bertz CT molecular complexity index is 826. The molecule has 0 saturated carbocycles. The number of nitrogens with zero attached hydrogens (tertiary/aromatic N) is 3. The molecule has 0 aliphatic rings. The molecule has 0 spiro atoms. The lowest BCUT2D eigenvalue weighted by Gasteiger charge is -2.27. The fraction of sp³-hybridized carbons (Fsp3) is 0.500. The van der Waals surface area contributed by atoms with Crippen LogP contribution < -0.4 is 10.6 Å². The average Bonchev–Trinajstić information content (AvgIpc) is 2.83. The standard InChI is InChI=1S/C20H29ClFN5/c1-13-16(14(2)27(6)26-13)9-10-24-19(23-5)25-12-20(3,4)17-8-7-15(22)11-18(17)21/h7-8,11H,9-10,12H2,1-6H3,(H2,23,24,25). The van der Waals surface area contributed by atoms with E-state index < -0.39 is 0 Å². The number of aliphatic imine (C=N–C) groups is 1. The molecule has 1 heterocycles. The number of benzene rings is 1. The van der Waals surface area contributed by atoms with Crippen molar-refractivity contribution in [1.82, 2.24) is 20.4 Å². The van der Waals surface area contributed by atoms with Gasteiger partial charge in [-0.25, -0.2) is 4.39 Å². The summed E-state index contributed by atoms with van der Waals surface area (Å²) in [5.74, 6) is 0.395. The molecular weight excluding hydrogens is 365 g/mol. The molecule has 5 nitrogen and oxygen atoms in total. The summed E-state index contributed by atoms with van der Waals surface area (Å²) in [5.41, 5.74) is 4.13. The zero-order chi connectivity index (χ0) is 20.2. The first-order valence-electron chi connectivity index (χ1n) is 9.05. The number of nitrogens with one attached hydrogen (secondary N) is 2. The van der Waals surface area contributed by atoms with E-state index in [-0.39, 0.29) is 11.2 Å². The van der Waals surface area contributed by atoms with Crippen molar-refractivity contribution in [2.45, 2.75) is 39.5 Å². The first-order chi connectivity index (χ1) is 12.7. The highest BCUT2D eigenvalue weighted by atomic mass is 35.5. The van der Waals surface area contributed by atoms with Gasteiger partial charge in [0.1, 0.15) is 5.82 Å². The average molecular weight is 394 g/mol. The molecule has 0 saturated heterocycles. The predicted octanol–water partition coefficient (Wildman–Crippen LogP) is 3.51. The van der Waals surface area contributed by atoms with Crippen molar-refractivity contribution in [2.24, 2.45) is 12.0 Å². The van der Waals surface area contributed by atoms with Crippen LogP contribution in [0.1, 0.15) is 36.4 Å². The van der Waals surface area contributed by atoms with Crippen molar-refractivity contribution in [3.63, 3.8) is 0 Å². The molecule has 27 heavy (non-hydrogen) atoms. The van der Waals surface area contributed by atoms with Crippen molar-refractivity contribution in [3.05, 3.63) is 51.6 Å². The Morgan fingerprint density at radius 3 is 2.56 bits per heavy atom. The SMILES string of the molecule is CN=C(NCCc1c(C)nn(C)c1C)NCC(C)(C)c1ccc(F)cc1Cl. The Kier molecular flexibility index (Phi) is 6.87. The Labute approximate surface area is 166 Å². The molecule has 0 aliphatic heterocycles. The van der Waals surface area contributed by atoms with Crippen LogP contribution in [0.15, 0.2) is 23.2 Å². The minimum atomic E-state index is -0.328. The van der Waals surface area contributed by atoms with E-state index in [9.17, 15) is 4.39 Å². The normalized spacial score (nSPS) is 12.4. The van der Waals surface area contributed by atoms with Gasteiger partial charge in [-0.15, -0.1) is 0 Å². The molecule has 0 radical (unpaired) electrons. The van der Waals surface area contributed by atoms with Gasteiger partial charge >= 0.3 is 0 Å². The number of aromatic nitrogens is 2. The Morgan fingerprint density at radius 1 is 1.30 bits per heavy atom. The van der Waals surface area contributed by atoms with Gasteiger partial charge in [-0.05, 0) is 43.5 Å². The summed E-state index contributed by atoms with van der Waals surface area (Å²) in [5, 5.41) is 11.6. The van der Waals surface area contributed by atoms with Crippen LogP contribution in [0.2, 0.25) is 5.02 Å². The van der Waals surface area contributed by atoms with Gasteiger partial charge in [-0.3, -0.25) is 9.67 Å². The molecule has 1 aromatic heterocycles. The van der Waals surface area contributed by atoms with Crippen molar-refractivity contribution in [2.75, 3.05) is 20.1 Å². The molecule has 2 aromatic rings. The van der Waals surface area contributed by atoms with Gasteiger partial charge in [0.05, 0.1) is 5.69 Å². The van der Waals surface area contributed by atoms with E-state index in [2.05, 4.69) is 41.5 Å². The molecule has 0 amide bonds. The maximum Gasteiger partial charge on any atom is 0.191 e. The lowest BCUT2D eigenvalue weighted by atomic mass is 9.84. The van der Waals surface area contributed by atoms with Gasteiger partial charge in [0.2, 0.25) is 0 Å². The fourth-order valence-corrected chi connectivity index (χ4v) is 3.57. The van der Waals surface area contributed by atoms with E-state index in [1.165, 1.54) is 23.4 Å². The molecule has 2 N–H and O–H groups in total. The monoisotopic (exact) mass is 393 g/mol. The van der Waals surface area contributed by atoms with Crippen LogP contribution in [0.3, 0.4) is 0 Å². The molecule has 0 aliphatic carbocycles. The summed E-state index contributed by atoms with van der Waals surface area (Å²) in [6.45, 7) is 9.61. The molecule has 148 valence electrons. The highest BCUT2D eigenvalue weighted by Crippen LogP contribution is 2.29. The molecule has 2 rings (SSSR count). The molecule has 7 heteroatoms. The Balaban J connectivity index is 1.93. The second kappa shape index (κ2) is 8.74. The number of aryl methyl sites for hydroxylation is 2. The van der Waals surface area contributed by atoms with Crippen molar-refractivity contribution >= 4 is 17.6 Å². The summed E-state index contributed by atoms with van der Waals surface area (Å²) >= 11 is 6.22. The van der Waals surface area contributed by atoms with E-state index in [4.69, 9.17) is 11.6 Å². The second-order valence-corrected chi connectivity index (χ2v) is 7.79. The van der Waals surface area contributed by atoms with Gasteiger partial charge in [0, 0.05) is 43.3 Å². The third kappa shape index (κ3) is 5.22. The van der Waals surface area contributed by atoms with Crippen LogP contribution in [0.5, 0.6) is 0 Å². The van der Waals surface area contributed by atoms with Gasteiger partial charge in [-0.2, -0.15) is 5.10 Å². The molecule has 0 bridgehead atoms. The van der Waals surface area contributed by atoms with Gasteiger partial charge < -0.3 is 10.6 Å². The van der Waals surface area contributed by atoms with E-state index in [1.54, 1.807) is 13.1 Å². The highest BCUT2D eigenvalue weighted by Gasteiger charge is 2.24. The zero-order valence-corrected chi connectivity index (χ0v) is 17.7. The molecule has 0 fully saturated rings. The van der Waals surface area contributed by atoms with E-state index in [1.807, 2.05) is 18.7 Å². The number of halogens is 2. The fourth-order valence-electron chi connectivity index (χ4n) is 3.14. The summed E-state index contributed by atoms with van der Waals surface area (Å²) in [4.78, 5) is 4.28. The number of hydrogen-bond donors (Lipinski definition) is 2. The van der Waals surface area contributed by atoms with Crippen molar-refractivity contribution in [1.29, 1.82) is 0 Å². The maximum atomic E-state index is 13.3. The van der Waals surface area contributed by atoms with E-state index in [0.717, 1.165) is 30.2 Å². The highest BCUT2D eigenvalue weighted by molar-refractivity contribution is 6.31. The van der Waals surface area contributed by atoms with Gasteiger partial charge in [0.15, 0.2) is 5.96 Å². The molecule has 1 aromatic carbocycles. The van der Waals surface area contributed by atoms with Crippen molar-refractivity contribution < 1.29 is 4.39 Å². The molecule has 0 unspecified atom stereocenters. The van der Waals surface area contributed by atoms with Crippen LogP contribution >= 0.6 is 11.6 Å². The summed E-state index contributed by atoms with van der Waals surface area (Å²) in [6, 6.07) is 4.53. The summed E-state index contributed by atoms with van der Waals surface area (Å²) in [6.07, 6.45) is 0.874. The quantitative estimate of drug-likeness (QED) is 0.583. The number of rotatable bonds is 6. The minimum Gasteiger partial charge on any atom is -0.356 e. The van der Waals surface area contributed by atoms with Crippen LogP contribution in [0.25, 0.3) is 0 Å². The minimum absolute atomic E-state index is 0.279.